The molecule has 0 saturated carbocycles. The molecule has 4 unspecified atom stereocenters. The number of carbonyl (C=O) groups is 4. The molecule has 0 radical (unpaired) electrons. The molecule has 40 heavy (non-hydrogen) atoms. The van der Waals surface area contributed by atoms with E-state index in [-0.39, 0.29) is 18.7 Å². The number of carbonyl (C=O) groups excluding carboxylic acids is 3. The Kier molecular flexibility index (Phi) is 9.83. The number of rotatable bonds is 13. The first-order chi connectivity index (χ1) is 19.3. The summed E-state index contributed by atoms with van der Waals surface area (Å²) in [7, 11) is 0. The summed E-state index contributed by atoms with van der Waals surface area (Å²) in [4.78, 5) is 63.2. The van der Waals surface area contributed by atoms with Crippen LogP contribution in [0.1, 0.15) is 30.5 Å². The predicted molar refractivity (Wildman–Crippen MR) is 152 cm³/mol. The number of fused-ring (bicyclic) bond motifs is 1. The predicted octanol–water partition coefficient (Wildman–Crippen LogP) is 0.802. The van der Waals surface area contributed by atoms with E-state index in [1.165, 1.54) is 23.0 Å². The maximum Gasteiger partial charge on any atom is 0.326 e. The second-order valence-electron chi connectivity index (χ2n) is 9.88. The molecule has 12 nitrogen and oxygen atoms in total. The second kappa shape index (κ2) is 13.5. The Balaban J connectivity index is 1.42. The van der Waals surface area contributed by atoms with Gasteiger partial charge in [0, 0.05) is 48.4 Å². The summed E-state index contributed by atoms with van der Waals surface area (Å²) in [5.41, 5.74) is 8.50. The molecule has 0 spiro atoms. The highest BCUT2D eigenvalue weighted by Gasteiger charge is 2.38. The molecule has 3 heterocycles. The fraction of sp³-hybridized carbons (Fsp3) is 0.444. The first-order valence-electron chi connectivity index (χ1n) is 13.2. The van der Waals surface area contributed by atoms with Crippen LogP contribution in [0, 0.1) is 0 Å². The number of carboxylic acid groups (broad SMARTS) is 1. The van der Waals surface area contributed by atoms with Gasteiger partial charge in [0.1, 0.15) is 18.1 Å². The van der Waals surface area contributed by atoms with Gasteiger partial charge in [-0.15, -0.1) is 0 Å². The number of imidazole rings is 1. The van der Waals surface area contributed by atoms with E-state index in [1.807, 2.05) is 30.5 Å². The van der Waals surface area contributed by atoms with Crippen LogP contribution >= 0.6 is 11.8 Å². The van der Waals surface area contributed by atoms with E-state index >= 15 is 0 Å². The molecule has 3 amide bonds. The van der Waals surface area contributed by atoms with Crippen LogP contribution in [0.2, 0.25) is 0 Å². The summed E-state index contributed by atoms with van der Waals surface area (Å²) < 4.78 is 0. The molecule has 1 aliphatic rings. The summed E-state index contributed by atoms with van der Waals surface area (Å²) in [6.07, 6.45) is 8.44. The number of nitrogens with two attached hydrogens (primary N) is 1. The Bertz CT molecular complexity index is 1330. The molecule has 2 aromatic heterocycles. The molecule has 1 fully saturated rings. The minimum atomic E-state index is -1.19. The number of nitrogens with one attached hydrogen (secondary N) is 4. The molecule has 1 saturated heterocycles. The van der Waals surface area contributed by atoms with Crippen molar-refractivity contribution in [2.24, 2.45) is 5.73 Å². The zero-order valence-electron chi connectivity index (χ0n) is 22.3. The molecule has 3 aromatic rings. The number of para-hydroxylation sites is 1. The lowest BCUT2D eigenvalue weighted by molar-refractivity contribution is -0.143. The molecule has 4 atom stereocenters. The lowest BCUT2D eigenvalue weighted by Gasteiger charge is -2.28. The number of aromatic amines is 2. The maximum atomic E-state index is 13.3. The van der Waals surface area contributed by atoms with Crippen molar-refractivity contribution < 1.29 is 24.3 Å². The van der Waals surface area contributed by atoms with Crippen molar-refractivity contribution in [1.82, 2.24) is 30.5 Å². The molecule has 7 N–H and O–H groups in total. The molecule has 0 aliphatic carbocycles. The first kappa shape index (κ1) is 29.2. The van der Waals surface area contributed by atoms with E-state index in [2.05, 4.69) is 25.6 Å². The van der Waals surface area contributed by atoms with Gasteiger partial charge in [-0.1, -0.05) is 18.2 Å². The van der Waals surface area contributed by atoms with Crippen LogP contribution in [0.4, 0.5) is 0 Å². The highest BCUT2D eigenvalue weighted by atomic mass is 32.2. The molecule has 13 heteroatoms. The smallest absolute Gasteiger partial charge is 0.326 e. The van der Waals surface area contributed by atoms with Crippen molar-refractivity contribution in [3.8, 4) is 0 Å². The van der Waals surface area contributed by atoms with Gasteiger partial charge in [-0.25, -0.2) is 9.78 Å². The number of thioether (sulfide) groups is 1. The monoisotopic (exact) mass is 569 g/mol. The van der Waals surface area contributed by atoms with Gasteiger partial charge >= 0.3 is 5.97 Å². The lowest BCUT2D eigenvalue weighted by Crippen LogP contribution is -2.57. The third-order valence-electron chi connectivity index (χ3n) is 7.11. The topological polar surface area (TPSA) is 186 Å². The Morgan fingerprint density at radius 1 is 1.18 bits per heavy atom. The van der Waals surface area contributed by atoms with Gasteiger partial charge in [-0.3, -0.25) is 14.4 Å². The van der Waals surface area contributed by atoms with E-state index in [9.17, 15) is 24.3 Å². The normalized spacial score (nSPS) is 17.4. The standard InChI is InChI=1S/C27H35N7O5S/c1-40-10-8-21(24(35)33-22(27(38)39)11-16-13-30-20-6-3-2-5-18(16)20)32-25(36)23-7-4-9-34(23)26(37)19(28)12-17-14-29-15-31-17/h2-3,5-6,13-15,19,21-23,30H,4,7-12,28H2,1H3,(H,29,31)(H,32,36)(H,33,35)(H,38,39). The Labute approximate surface area is 235 Å². The fourth-order valence-corrected chi connectivity index (χ4v) is 5.47. The van der Waals surface area contributed by atoms with Crippen LogP contribution in [-0.2, 0) is 32.0 Å². The number of benzene rings is 1. The van der Waals surface area contributed by atoms with Crippen LogP contribution in [0.15, 0.2) is 43.0 Å². The maximum absolute atomic E-state index is 13.3. The summed E-state index contributed by atoms with van der Waals surface area (Å²) >= 11 is 1.51. The fourth-order valence-electron chi connectivity index (χ4n) is 5.00. The number of aromatic nitrogens is 3. The van der Waals surface area contributed by atoms with E-state index in [0.29, 0.717) is 31.6 Å². The van der Waals surface area contributed by atoms with E-state index in [0.717, 1.165) is 22.2 Å². The third kappa shape index (κ3) is 7.02. The summed E-state index contributed by atoms with van der Waals surface area (Å²) in [6, 6.07) is 3.78. The first-order valence-corrected chi connectivity index (χ1v) is 14.6. The Morgan fingerprint density at radius 3 is 2.70 bits per heavy atom. The van der Waals surface area contributed by atoms with E-state index in [4.69, 9.17) is 5.73 Å². The van der Waals surface area contributed by atoms with Gasteiger partial charge in [0.05, 0.1) is 12.4 Å². The number of likely N-dealkylation sites (tertiary alicyclic amines) is 1. The molecular formula is C27H35N7O5S. The van der Waals surface area contributed by atoms with E-state index in [1.54, 1.807) is 12.4 Å². The van der Waals surface area contributed by atoms with Crippen molar-refractivity contribution in [3.05, 3.63) is 54.2 Å². The number of nitrogens with zero attached hydrogens (tertiary/aromatic N) is 2. The number of amides is 3. The third-order valence-corrected chi connectivity index (χ3v) is 7.75. The van der Waals surface area contributed by atoms with Crippen LogP contribution in [0.3, 0.4) is 0 Å². The van der Waals surface area contributed by atoms with Gasteiger partial charge in [-0.05, 0) is 42.9 Å². The Morgan fingerprint density at radius 2 is 1.98 bits per heavy atom. The van der Waals surface area contributed by atoms with Gasteiger partial charge in [0.15, 0.2) is 0 Å². The van der Waals surface area contributed by atoms with E-state index < -0.39 is 42.0 Å². The molecule has 214 valence electrons. The van der Waals surface area contributed by atoms with Crippen molar-refractivity contribution in [2.75, 3.05) is 18.6 Å². The lowest BCUT2D eigenvalue weighted by atomic mass is 10.0. The van der Waals surface area contributed by atoms with Crippen LogP contribution in [0.5, 0.6) is 0 Å². The van der Waals surface area contributed by atoms with Gasteiger partial charge in [-0.2, -0.15) is 11.8 Å². The molecule has 1 aromatic carbocycles. The van der Waals surface area contributed by atoms with Crippen LogP contribution in [0.25, 0.3) is 10.9 Å². The minimum Gasteiger partial charge on any atom is -0.480 e. The Hall–Kier alpha value is -3.84. The van der Waals surface area contributed by atoms with Gasteiger partial charge in [0.25, 0.3) is 0 Å². The number of aliphatic carboxylic acids is 1. The van der Waals surface area contributed by atoms with Gasteiger partial charge in [0.2, 0.25) is 17.7 Å². The SMILES string of the molecule is CSCCC(NC(=O)C1CCCN1C(=O)C(N)Cc1cnc[nH]1)C(=O)NC(Cc1c[nH]c2ccccc12)C(=O)O. The summed E-state index contributed by atoms with van der Waals surface area (Å²) in [5.74, 6) is -1.98. The van der Waals surface area contributed by atoms with Gasteiger partial charge < -0.3 is 36.3 Å². The highest BCUT2D eigenvalue weighted by Crippen LogP contribution is 2.21. The zero-order valence-corrected chi connectivity index (χ0v) is 23.1. The molecular weight excluding hydrogens is 534 g/mol. The van der Waals surface area contributed by atoms with Crippen molar-refractivity contribution in [2.45, 2.75) is 56.3 Å². The number of hydrogen-bond acceptors (Lipinski definition) is 7. The minimum absolute atomic E-state index is 0.0768. The number of hydrogen-bond donors (Lipinski definition) is 6. The van der Waals surface area contributed by atoms with Crippen LogP contribution < -0.4 is 16.4 Å². The quantitative estimate of drug-likeness (QED) is 0.174. The number of carboxylic acids is 1. The largest absolute Gasteiger partial charge is 0.480 e. The van der Waals surface area contributed by atoms with Crippen molar-refractivity contribution >= 4 is 46.4 Å². The molecule has 4 rings (SSSR count). The van der Waals surface area contributed by atoms with Crippen molar-refractivity contribution in [1.29, 1.82) is 0 Å². The van der Waals surface area contributed by atoms with Crippen molar-refractivity contribution in [3.63, 3.8) is 0 Å². The highest BCUT2D eigenvalue weighted by molar-refractivity contribution is 7.98. The number of H-pyrrole nitrogens is 2. The second-order valence-corrected chi connectivity index (χ2v) is 10.9. The summed E-state index contributed by atoms with van der Waals surface area (Å²) in [6.45, 7) is 0.390. The average molecular weight is 570 g/mol. The van der Waals surface area contributed by atoms with Crippen LogP contribution in [-0.4, -0.2) is 91.4 Å². The molecule has 0 bridgehead atoms. The molecule has 1 aliphatic heterocycles. The zero-order chi connectivity index (χ0) is 28.6. The average Bonchev–Trinajstić information content (AvgIpc) is 3.71. The summed E-state index contributed by atoms with van der Waals surface area (Å²) in [5, 5.41) is 16.1.